The third kappa shape index (κ3) is 2.99. The van der Waals surface area contributed by atoms with Gasteiger partial charge in [0.2, 0.25) is 0 Å². The lowest BCUT2D eigenvalue weighted by molar-refractivity contribution is 0.0149. The van der Waals surface area contributed by atoms with Crippen molar-refractivity contribution in [2.45, 2.75) is 71.1 Å². The third-order valence-electron chi connectivity index (χ3n) is 5.24. The Balaban J connectivity index is 1.75. The Morgan fingerprint density at radius 3 is 2.76 bits per heavy atom. The molecule has 1 aliphatic heterocycles. The predicted molar refractivity (Wildman–Crippen MR) is 83.9 cm³/mol. The van der Waals surface area contributed by atoms with Crippen LogP contribution in [0.1, 0.15) is 52.8 Å². The molecule has 3 rings (SSSR count). The average Bonchev–Trinajstić information content (AvgIpc) is 3.20. The Bertz CT molecular complexity index is 491. The molecule has 5 heteroatoms. The van der Waals surface area contributed by atoms with E-state index in [-0.39, 0.29) is 11.1 Å². The van der Waals surface area contributed by atoms with Crippen LogP contribution < -0.4 is 5.32 Å². The van der Waals surface area contributed by atoms with Crippen molar-refractivity contribution < 1.29 is 0 Å². The lowest BCUT2D eigenvalue weighted by atomic mass is 9.86. The maximum absolute atomic E-state index is 4.49. The van der Waals surface area contributed by atoms with Gasteiger partial charge in [-0.3, -0.25) is 4.90 Å². The molecule has 1 saturated heterocycles. The van der Waals surface area contributed by atoms with Gasteiger partial charge in [0, 0.05) is 30.7 Å². The van der Waals surface area contributed by atoms with Crippen LogP contribution >= 0.6 is 0 Å². The van der Waals surface area contributed by atoms with Gasteiger partial charge in [0.05, 0.1) is 6.54 Å². The molecule has 1 N–H and O–H groups in total. The fourth-order valence-electron chi connectivity index (χ4n) is 3.44. The first-order valence-corrected chi connectivity index (χ1v) is 8.31. The molecule has 1 unspecified atom stereocenters. The van der Waals surface area contributed by atoms with Crippen LogP contribution in [0.2, 0.25) is 0 Å². The van der Waals surface area contributed by atoms with Gasteiger partial charge in [-0.15, -0.1) is 0 Å². The minimum absolute atomic E-state index is 0.164. The molecule has 2 aliphatic rings. The van der Waals surface area contributed by atoms with Crippen molar-refractivity contribution in [3.63, 3.8) is 0 Å². The Labute approximate surface area is 128 Å². The Kier molecular flexibility index (Phi) is 3.82. The fourth-order valence-corrected chi connectivity index (χ4v) is 3.44. The summed E-state index contributed by atoms with van der Waals surface area (Å²) in [5.74, 6) is 1.95. The van der Waals surface area contributed by atoms with Gasteiger partial charge >= 0.3 is 0 Å². The lowest BCUT2D eigenvalue weighted by Crippen LogP contribution is -2.67. The number of rotatable bonds is 5. The zero-order chi connectivity index (χ0) is 15.1. The van der Waals surface area contributed by atoms with Crippen LogP contribution in [0.5, 0.6) is 0 Å². The van der Waals surface area contributed by atoms with Crippen molar-refractivity contribution in [3.05, 3.63) is 12.2 Å². The molecule has 2 heterocycles. The molecule has 0 aromatic carbocycles. The van der Waals surface area contributed by atoms with E-state index in [1.807, 2.05) is 0 Å². The van der Waals surface area contributed by atoms with Crippen LogP contribution in [-0.2, 0) is 13.1 Å². The first-order chi connectivity index (χ1) is 9.94. The summed E-state index contributed by atoms with van der Waals surface area (Å²) in [5.41, 5.74) is 0.433. The van der Waals surface area contributed by atoms with Crippen LogP contribution in [0.4, 0.5) is 0 Å². The lowest BCUT2D eigenvalue weighted by Gasteiger charge is -2.51. The van der Waals surface area contributed by atoms with E-state index in [2.05, 4.69) is 52.7 Å². The molecule has 1 aromatic heterocycles. The summed E-state index contributed by atoms with van der Waals surface area (Å²) in [5, 5.41) is 8.18. The van der Waals surface area contributed by atoms with Crippen LogP contribution in [-0.4, -0.2) is 43.8 Å². The predicted octanol–water partition coefficient (Wildman–Crippen LogP) is 2.04. The van der Waals surface area contributed by atoms with Crippen molar-refractivity contribution >= 4 is 0 Å². The zero-order valence-electron chi connectivity index (χ0n) is 13.9. The van der Waals surface area contributed by atoms with Crippen LogP contribution in [0.15, 0.2) is 6.33 Å². The SMILES string of the molecule is CCCn1ncnc1CN1CC(C)(C2CC2)NCC1(C)C. The highest BCUT2D eigenvalue weighted by molar-refractivity contribution is 5.07. The maximum Gasteiger partial charge on any atom is 0.141 e. The van der Waals surface area contributed by atoms with Crippen molar-refractivity contribution in [2.24, 2.45) is 5.92 Å². The summed E-state index contributed by atoms with van der Waals surface area (Å²) in [6.45, 7) is 13.2. The molecule has 1 aliphatic carbocycles. The molecular weight excluding hydrogens is 262 g/mol. The van der Waals surface area contributed by atoms with Gasteiger partial charge in [-0.05, 0) is 46.0 Å². The third-order valence-corrected chi connectivity index (χ3v) is 5.24. The molecule has 2 fully saturated rings. The van der Waals surface area contributed by atoms with Gasteiger partial charge in [0.25, 0.3) is 0 Å². The fraction of sp³-hybridized carbons (Fsp3) is 0.875. The summed E-state index contributed by atoms with van der Waals surface area (Å²) in [6.07, 6.45) is 5.55. The summed E-state index contributed by atoms with van der Waals surface area (Å²) >= 11 is 0. The summed E-state index contributed by atoms with van der Waals surface area (Å²) in [4.78, 5) is 7.09. The monoisotopic (exact) mass is 291 g/mol. The Morgan fingerprint density at radius 2 is 2.10 bits per heavy atom. The van der Waals surface area contributed by atoms with E-state index in [1.54, 1.807) is 6.33 Å². The number of nitrogens with one attached hydrogen (secondary N) is 1. The van der Waals surface area contributed by atoms with E-state index >= 15 is 0 Å². The van der Waals surface area contributed by atoms with E-state index in [1.165, 1.54) is 12.8 Å². The number of piperazine rings is 1. The number of hydrogen-bond donors (Lipinski definition) is 1. The number of aromatic nitrogens is 3. The summed E-state index contributed by atoms with van der Waals surface area (Å²) in [6, 6.07) is 0. The highest BCUT2D eigenvalue weighted by Gasteiger charge is 2.48. The van der Waals surface area contributed by atoms with Gasteiger partial charge in [-0.25, -0.2) is 9.67 Å². The summed E-state index contributed by atoms with van der Waals surface area (Å²) in [7, 11) is 0. The standard InChI is InChI=1S/C16H29N5/c1-5-8-21-14(17-12-19-21)9-20-11-16(4,13-6-7-13)18-10-15(20,2)3/h12-13,18H,5-11H2,1-4H3. The summed E-state index contributed by atoms with van der Waals surface area (Å²) < 4.78 is 2.06. The average molecular weight is 291 g/mol. The minimum Gasteiger partial charge on any atom is -0.308 e. The van der Waals surface area contributed by atoms with Crippen molar-refractivity contribution in [1.29, 1.82) is 0 Å². The second-order valence-electron chi connectivity index (χ2n) is 7.61. The molecule has 5 nitrogen and oxygen atoms in total. The van der Waals surface area contributed by atoms with Crippen molar-refractivity contribution in [1.82, 2.24) is 25.0 Å². The van der Waals surface area contributed by atoms with Crippen molar-refractivity contribution in [2.75, 3.05) is 13.1 Å². The minimum atomic E-state index is 0.164. The highest BCUT2D eigenvalue weighted by atomic mass is 15.4. The van der Waals surface area contributed by atoms with Gasteiger partial charge < -0.3 is 5.32 Å². The van der Waals surface area contributed by atoms with Crippen LogP contribution in [0, 0.1) is 5.92 Å². The quantitative estimate of drug-likeness (QED) is 0.902. The maximum atomic E-state index is 4.49. The van der Waals surface area contributed by atoms with Crippen LogP contribution in [0.25, 0.3) is 0 Å². The van der Waals surface area contributed by atoms with E-state index in [0.29, 0.717) is 0 Å². The number of aryl methyl sites for hydroxylation is 1. The topological polar surface area (TPSA) is 46.0 Å². The largest absolute Gasteiger partial charge is 0.308 e. The second kappa shape index (κ2) is 5.36. The Hall–Kier alpha value is -0.940. The Morgan fingerprint density at radius 1 is 1.33 bits per heavy atom. The highest BCUT2D eigenvalue weighted by Crippen LogP contribution is 2.42. The van der Waals surface area contributed by atoms with Gasteiger partial charge in [0.15, 0.2) is 0 Å². The second-order valence-corrected chi connectivity index (χ2v) is 7.61. The zero-order valence-corrected chi connectivity index (χ0v) is 13.9. The smallest absolute Gasteiger partial charge is 0.141 e. The molecular formula is C16H29N5. The normalized spacial score (nSPS) is 29.7. The van der Waals surface area contributed by atoms with Gasteiger partial charge in [-0.1, -0.05) is 6.92 Å². The first kappa shape index (κ1) is 15.0. The van der Waals surface area contributed by atoms with E-state index < -0.39 is 0 Å². The van der Waals surface area contributed by atoms with Gasteiger partial charge in [-0.2, -0.15) is 5.10 Å². The molecule has 0 spiro atoms. The molecule has 118 valence electrons. The van der Waals surface area contributed by atoms with Crippen LogP contribution in [0.3, 0.4) is 0 Å². The number of nitrogens with zero attached hydrogens (tertiary/aromatic N) is 4. The number of hydrogen-bond acceptors (Lipinski definition) is 4. The molecule has 0 radical (unpaired) electrons. The first-order valence-electron chi connectivity index (χ1n) is 8.31. The molecule has 1 aromatic rings. The van der Waals surface area contributed by atoms with E-state index in [9.17, 15) is 0 Å². The van der Waals surface area contributed by atoms with Crippen molar-refractivity contribution in [3.8, 4) is 0 Å². The van der Waals surface area contributed by atoms with E-state index in [4.69, 9.17) is 0 Å². The molecule has 0 bridgehead atoms. The van der Waals surface area contributed by atoms with E-state index in [0.717, 1.165) is 44.3 Å². The molecule has 0 amide bonds. The molecule has 1 atom stereocenters. The molecule has 21 heavy (non-hydrogen) atoms. The van der Waals surface area contributed by atoms with Gasteiger partial charge in [0.1, 0.15) is 12.2 Å². The molecule has 1 saturated carbocycles.